The van der Waals surface area contributed by atoms with E-state index in [1.54, 1.807) is 34.1 Å². The van der Waals surface area contributed by atoms with Gasteiger partial charge in [0.15, 0.2) is 0 Å². The van der Waals surface area contributed by atoms with Crippen LogP contribution in [-0.2, 0) is 4.79 Å². The molecule has 0 bridgehead atoms. The summed E-state index contributed by atoms with van der Waals surface area (Å²) >= 11 is 0. The second-order valence-electron chi connectivity index (χ2n) is 8.29. The normalized spacial score (nSPS) is 21.5. The van der Waals surface area contributed by atoms with Gasteiger partial charge in [0.2, 0.25) is 11.8 Å². The maximum Gasteiger partial charge on any atom is 0.250 e. The van der Waals surface area contributed by atoms with Crippen LogP contribution < -0.4 is 15.1 Å². The van der Waals surface area contributed by atoms with Gasteiger partial charge in [0.1, 0.15) is 11.5 Å². The summed E-state index contributed by atoms with van der Waals surface area (Å²) in [5.74, 6) is 0.0990. The Morgan fingerprint density at radius 1 is 1.20 bits per heavy atom. The molecule has 5 rings (SSSR count). The van der Waals surface area contributed by atoms with Crippen LogP contribution in [0.2, 0.25) is 0 Å². The molecule has 0 aliphatic carbocycles. The molecule has 1 aromatic carbocycles. The van der Waals surface area contributed by atoms with E-state index in [2.05, 4.69) is 15.4 Å². The first kappa shape index (κ1) is 19.0. The Bertz CT molecular complexity index is 1120. The van der Waals surface area contributed by atoms with Crippen molar-refractivity contribution >= 4 is 16.8 Å². The van der Waals surface area contributed by atoms with Gasteiger partial charge in [-0.25, -0.2) is 14.4 Å². The Balaban J connectivity index is 1.62. The number of ether oxygens (including phenoxy) is 1. The monoisotopic (exact) mass is 409 g/mol. The van der Waals surface area contributed by atoms with Crippen molar-refractivity contribution in [3.63, 3.8) is 0 Å². The molecule has 2 saturated heterocycles. The van der Waals surface area contributed by atoms with Crippen molar-refractivity contribution in [1.29, 1.82) is 0 Å². The van der Waals surface area contributed by atoms with Gasteiger partial charge in [-0.2, -0.15) is 4.79 Å². The van der Waals surface area contributed by atoms with Gasteiger partial charge in [0.25, 0.3) is 0 Å². The first-order chi connectivity index (χ1) is 14.5. The van der Waals surface area contributed by atoms with Crippen LogP contribution in [0.4, 0.5) is 4.39 Å². The van der Waals surface area contributed by atoms with Gasteiger partial charge in [-0.05, 0) is 51.4 Å². The fourth-order valence-corrected chi connectivity index (χ4v) is 4.45. The Labute approximate surface area is 173 Å². The van der Waals surface area contributed by atoms with Crippen molar-refractivity contribution in [2.75, 3.05) is 24.6 Å². The van der Waals surface area contributed by atoms with E-state index in [4.69, 9.17) is 4.74 Å². The Morgan fingerprint density at radius 3 is 2.80 bits per heavy atom. The van der Waals surface area contributed by atoms with E-state index in [-0.39, 0.29) is 17.4 Å². The average Bonchev–Trinajstić information content (AvgIpc) is 3.42. The van der Waals surface area contributed by atoms with Gasteiger partial charge in [-0.3, -0.25) is 4.79 Å². The van der Waals surface area contributed by atoms with Crippen LogP contribution in [0.1, 0.15) is 26.7 Å². The van der Waals surface area contributed by atoms with Gasteiger partial charge >= 0.3 is 0 Å². The summed E-state index contributed by atoms with van der Waals surface area (Å²) < 4.78 is 20.6. The number of benzene rings is 1. The minimum atomic E-state index is -0.394. The van der Waals surface area contributed by atoms with Crippen LogP contribution in [0.25, 0.3) is 22.3 Å². The number of carbonyl (C=O) groups is 1. The topological polar surface area (TPSA) is 72.3 Å². The first-order valence-electron chi connectivity index (χ1n) is 10.3. The number of nitrogens with one attached hydrogen (secondary N) is 1. The van der Waals surface area contributed by atoms with Crippen molar-refractivity contribution < 1.29 is 13.9 Å². The maximum absolute atomic E-state index is 14.9. The van der Waals surface area contributed by atoms with Gasteiger partial charge in [-0.1, -0.05) is 12.1 Å². The van der Waals surface area contributed by atoms with Gasteiger partial charge < -0.3 is 10.1 Å². The molecule has 8 heteroatoms. The van der Waals surface area contributed by atoms with E-state index in [1.165, 1.54) is 6.07 Å². The molecular formula is C22H24FN5O2. The molecule has 2 aliphatic rings. The molecule has 30 heavy (non-hydrogen) atoms. The summed E-state index contributed by atoms with van der Waals surface area (Å²) in [6, 6.07) is 10.2. The lowest BCUT2D eigenvalue weighted by Gasteiger charge is -2.22. The first-order valence-corrected chi connectivity index (χ1v) is 10.3. The molecule has 0 saturated carbocycles. The third-order valence-electron chi connectivity index (χ3n) is 5.92. The molecular weight excluding hydrogens is 385 g/mol. The molecule has 1 N–H and O–H groups in total. The van der Waals surface area contributed by atoms with Crippen molar-refractivity contribution in [2.24, 2.45) is 5.41 Å². The van der Waals surface area contributed by atoms with Gasteiger partial charge in [0, 0.05) is 19.2 Å². The van der Waals surface area contributed by atoms with Crippen molar-refractivity contribution in [3.8, 4) is 17.3 Å². The third-order valence-corrected chi connectivity index (χ3v) is 5.92. The number of fused-ring (bicyclic) bond motifs is 1. The number of pyridine rings is 1. The number of hydrogen-bond donors (Lipinski definition) is 1. The number of aromatic nitrogens is 3. The average molecular weight is 409 g/mol. The lowest BCUT2D eigenvalue weighted by molar-refractivity contribution is -0.126. The molecule has 2 aromatic heterocycles. The second-order valence-corrected chi connectivity index (χ2v) is 8.29. The molecule has 2 aliphatic heterocycles. The molecule has 3 aromatic rings. The highest BCUT2D eigenvalue weighted by atomic mass is 19.1. The summed E-state index contributed by atoms with van der Waals surface area (Å²) in [6.07, 6.45) is 1.55. The highest BCUT2D eigenvalue weighted by Crippen LogP contribution is 2.38. The van der Waals surface area contributed by atoms with E-state index in [9.17, 15) is 9.18 Å². The summed E-state index contributed by atoms with van der Waals surface area (Å²) in [5.41, 5.74) is 1.08. The van der Waals surface area contributed by atoms with E-state index in [0.717, 1.165) is 19.4 Å². The number of halogens is 1. The maximum atomic E-state index is 14.9. The summed E-state index contributed by atoms with van der Waals surface area (Å²) in [4.78, 5) is 19.4. The van der Waals surface area contributed by atoms with Gasteiger partial charge in [0.05, 0.1) is 28.1 Å². The van der Waals surface area contributed by atoms with Crippen molar-refractivity contribution in [2.45, 2.75) is 32.8 Å². The number of nitrogens with zero attached hydrogens (tertiary/aromatic N) is 4. The SMILES string of the molecule is CC(C)Oc1cccc(-c2nn(N3CC[C@]4(CCNC4)C3=O)c3cccc(F)c23)n1. The quantitative estimate of drug-likeness (QED) is 0.717. The van der Waals surface area contributed by atoms with Crippen LogP contribution in [0.15, 0.2) is 36.4 Å². The molecule has 156 valence electrons. The largest absolute Gasteiger partial charge is 0.475 e. The highest BCUT2D eigenvalue weighted by Gasteiger charge is 2.49. The number of rotatable bonds is 4. The minimum Gasteiger partial charge on any atom is -0.475 e. The zero-order chi connectivity index (χ0) is 20.9. The van der Waals surface area contributed by atoms with Gasteiger partial charge in [-0.15, -0.1) is 5.10 Å². The fraction of sp³-hybridized carbons (Fsp3) is 0.409. The predicted octanol–water partition coefficient (Wildman–Crippen LogP) is 2.87. The standard InChI is InChI=1S/C22H24FN5O2/c1-14(2)30-18-8-4-6-16(25-18)20-19-15(23)5-3-7-17(19)28(26-20)27-12-10-22(21(27)29)9-11-24-13-22/h3-8,14,24H,9-13H2,1-2H3/t22-/m0/s1. The molecule has 2 fully saturated rings. The highest BCUT2D eigenvalue weighted by molar-refractivity contribution is 5.98. The molecule has 7 nitrogen and oxygen atoms in total. The second kappa shape index (κ2) is 7.05. The Morgan fingerprint density at radius 2 is 2.03 bits per heavy atom. The Kier molecular flexibility index (Phi) is 4.47. The molecule has 0 unspecified atom stereocenters. The lowest BCUT2D eigenvalue weighted by Crippen LogP contribution is -2.42. The molecule has 0 radical (unpaired) electrons. The third kappa shape index (κ3) is 2.94. The van der Waals surface area contributed by atoms with Crippen LogP contribution in [-0.4, -0.2) is 46.5 Å². The summed E-state index contributed by atoms with van der Waals surface area (Å²) in [7, 11) is 0. The van der Waals surface area contributed by atoms with E-state index in [1.807, 2.05) is 19.9 Å². The number of amides is 1. The molecule has 4 heterocycles. The van der Waals surface area contributed by atoms with Crippen molar-refractivity contribution in [1.82, 2.24) is 20.2 Å². The zero-order valence-corrected chi connectivity index (χ0v) is 17.1. The lowest BCUT2D eigenvalue weighted by atomic mass is 9.86. The van der Waals surface area contributed by atoms with Crippen LogP contribution in [0.5, 0.6) is 5.88 Å². The number of carbonyl (C=O) groups excluding carboxylic acids is 1. The predicted molar refractivity (Wildman–Crippen MR) is 111 cm³/mol. The molecule has 1 atom stereocenters. The molecule has 1 amide bonds. The summed E-state index contributed by atoms with van der Waals surface area (Å²) in [6.45, 7) is 5.91. The smallest absolute Gasteiger partial charge is 0.250 e. The van der Waals surface area contributed by atoms with E-state index >= 15 is 0 Å². The van der Waals surface area contributed by atoms with Crippen LogP contribution >= 0.6 is 0 Å². The van der Waals surface area contributed by atoms with Crippen LogP contribution in [0.3, 0.4) is 0 Å². The summed E-state index contributed by atoms with van der Waals surface area (Å²) in [5, 5.41) is 9.96. The van der Waals surface area contributed by atoms with Crippen LogP contribution in [0, 0.1) is 11.2 Å². The van der Waals surface area contributed by atoms with E-state index < -0.39 is 5.82 Å². The van der Waals surface area contributed by atoms with E-state index in [0.29, 0.717) is 41.3 Å². The number of hydrogen-bond acceptors (Lipinski definition) is 5. The minimum absolute atomic E-state index is 0.0304. The zero-order valence-electron chi connectivity index (χ0n) is 17.1. The van der Waals surface area contributed by atoms with Crippen molar-refractivity contribution in [3.05, 3.63) is 42.2 Å². The molecule has 1 spiro atoms. The fourth-order valence-electron chi connectivity index (χ4n) is 4.45. The Hall–Kier alpha value is -3.00.